The average molecular weight is 435 g/mol. The first kappa shape index (κ1) is 22.4. The van der Waals surface area contributed by atoms with E-state index in [1.807, 2.05) is 6.92 Å². The Balaban J connectivity index is 1.88. The van der Waals surface area contributed by atoms with Crippen LogP contribution in [-0.4, -0.2) is 23.4 Å². The number of carbonyl (C=O) groups excluding carboxylic acids is 3. The zero-order chi connectivity index (χ0) is 21.6. The lowest BCUT2D eigenvalue weighted by atomic mass is 10.2. The predicted octanol–water partition coefficient (Wildman–Crippen LogP) is 4.07. The maximum Gasteiger partial charge on any atom is 0.329 e. The van der Waals surface area contributed by atoms with Crippen molar-refractivity contribution in [2.45, 2.75) is 27.2 Å². The number of hydrogen-bond acceptors (Lipinski definition) is 4. The summed E-state index contributed by atoms with van der Waals surface area (Å²) in [5.74, 6) is -2.20. The highest BCUT2D eigenvalue weighted by molar-refractivity contribution is 6.40. The van der Waals surface area contributed by atoms with E-state index in [1.54, 1.807) is 50.2 Å². The second kappa shape index (κ2) is 10.0. The van der Waals surface area contributed by atoms with Crippen LogP contribution in [0.2, 0.25) is 10.0 Å². The molecule has 0 spiro atoms. The summed E-state index contributed by atoms with van der Waals surface area (Å²) in [7, 11) is 0. The molecular formula is C20H20Cl2N4O3. The second-order valence-electron chi connectivity index (χ2n) is 6.34. The molecule has 0 fully saturated rings. The van der Waals surface area contributed by atoms with Crippen LogP contribution in [0.15, 0.2) is 41.5 Å². The molecule has 7 nitrogen and oxygen atoms in total. The van der Waals surface area contributed by atoms with E-state index in [1.165, 1.54) is 0 Å². The Morgan fingerprint density at radius 3 is 2.38 bits per heavy atom. The third kappa shape index (κ3) is 6.58. The number of anilines is 2. The number of carbonyl (C=O) groups is 3. The lowest BCUT2D eigenvalue weighted by Crippen LogP contribution is -2.33. The molecule has 0 aliphatic heterocycles. The van der Waals surface area contributed by atoms with E-state index in [4.69, 9.17) is 23.2 Å². The average Bonchev–Trinajstić information content (AvgIpc) is 2.66. The predicted molar refractivity (Wildman–Crippen MR) is 116 cm³/mol. The van der Waals surface area contributed by atoms with Crippen molar-refractivity contribution >= 4 is 58.0 Å². The summed E-state index contributed by atoms with van der Waals surface area (Å²) in [6.45, 7) is 5.17. The van der Waals surface area contributed by atoms with Gasteiger partial charge in [0.25, 0.3) is 0 Å². The molecule has 0 radical (unpaired) electrons. The fourth-order valence-corrected chi connectivity index (χ4v) is 2.62. The molecule has 0 saturated heterocycles. The van der Waals surface area contributed by atoms with Crippen LogP contribution in [0, 0.1) is 13.8 Å². The molecule has 29 heavy (non-hydrogen) atoms. The van der Waals surface area contributed by atoms with Crippen LogP contribution in [0.3, 0.4) is 0 Å². The fraction of sp³-hybridized carbons (Fsp3) is 0.200. The zero-order valence-electron chi connectivity index (χ0n) is 16.1. The van der Waals surface area contributed by atoms with Crippen molar-refractivity contribution < 1.29 is 14.4 Å². The van der Waals surface area contributed by atoms with E-state index < -0.39 is 11.8 Å². The maximum absolute atomic E-state index is 12.1. The minimum Gasteiger partial charge on any atom is -0.325 e. The SMILES string of the molecule is C/C(CC(=O)Nc1cccc(Cl)c1C)=N/NC(=O)C(=O)Nc1ccc(C)c(Cl)c1. The Morgan fingerprint density at radius 2 is 1.69 bits per heavy atom. The van der Waals surface area contributed by atoms with Crippen LogP contribution in [-0.2, 0) is 14.4 Å². The standard InChI is InChI=1S/C20H20Cl2N4O3/c1-11-7-8-14(10-16(11)22)23-19(28)20(29)26-25-12(2)9-18(27)24-17-6-4-5-15(21)13(17)3/h4-8,10H,9H2,1-3H3,(H,23,28)(H,24,27)(H,26,29)/b25-12-. The minimum atomic E-state index is -0.966. The normalized spacial score (nSPS) is 11.0. The summed E-state index contributed by atoms with van der Waals surface area (Å²) in [6, 6.07) is 10.1. The molecule has 0 aliphatic carbocycles. The fourth-order valence-electron chi connectivity index (χ4n) is 2.26. The van der Waals surface area contributed by atoms with E-state index in [0.29, 0.717) is 27.1 Å². The van der Waals surface area contributed by atoms with E-state index in [0.717, 1.165) is 11.1 Å². The number of aryl methyl sites for hydroxylation is 1. The van der Waals surface area contributed by atoms with Gasteiger partial charge in [-0.25, -0.2) is 5.43 Å². The minimum absolute atomic E-state index is 0.0680. The first-order valence-electron chi connectivity index (χ1n) is 8.63. The third-order valence-corrected chi connectivity index (χ3v) is 4.76. The Morgan fingerprint density at radius 1 is 0.966 bits per heavy atom. The van der Waals surface area contributed by atoms with Crippen molar-refractivity contribution in [3.05, 3.63) is 57.6 Å². The van der Waals surface area contributed by atoms with Crippen molar-refractivity contribution in [3.8, 4) is 0 Å². The van der Waals surface area contributed by atoms with Gasteiger partial charge in [-0.15, -0.1) is 0 Å². The molecule has 3 N–H and O–H groups in total. The van der Waals surface area contributed by atoms with Crippen LogP contribution in [0.4, 0.5) is 11.4 Å². The van der Waals surface area contributed by atoms with Gasteiger partial charge in [0, 0.05) is 27.1 Å². The molecule has 0 aromatic heterocycles. The smallest absolute Gasteiger partial charge is 0.325 e. The van der Waals surface area contributed by atoms with Gasteiger partial charge >= 0.3 is 11.8 Å². The van der Waals surface area contributed by atoms with E-state index in [9.17, 15) is 14.4 Å². The van der Waals surface area contributed by atoms with Crippen LogP contribution >= 0.6 is 23.2 Å². The summed E-state index contributed by atoms with van der Waals surface area (Å²) in [6.07, 6.45) is -0.0680. The molecule has 9 heteroatoms. The van der Waals surface area contributed by atoms with Gasteiger partial charge in [-0.05, 0) is 56.2 Å². The number of rotatable bonds is 5. The van der Waals surface area contributed by atoms with Gasteiger partial charge in [0.15, 0.2) is 0 Å². The van der Waals surface area contributed by atoms with E-state index >= 15 is 0 Å². The monoisotopic (exact) mass is 434 g/mol. The van der Waals surface area contributed by atoms with E-state index in [-0.39, 0.29) is 12.3 Å². The molecule has 0 unspecified atom stereocenters. The molecule has 0 bridgehead atoms. The van der Waals surface area contributed by atoms with Crippen LogP contribution in [0.25, 0.3) is 0 Å². The Hall–Kier alpha value is -2.90. The van der Waals surface area contributed by atoms with Crippen molar-refractivity contribution in [2.75, 3.05) is 10.6 Å². The number of nitrogens with zero attached hydrogens (tertiary/aromatic N) is 1. The maximum atomic E-state index is 12.1. The molecule has 0 aliphatic rings. The lowest BCUT2D eigenvalue weighted by molar-refractivity contribution is -0.136. The summed E-state index contributed by atoms with van der Waals surface area (Å²) in [5.41, 5.74) is 5.02. The number of hydrogen-bond donors (Lipinski definition) is 3. The van der Waals surface area contributed by atoms with Gasteiger partial charge in [0.1, 0.15) is 0 Å². The van der Waals surface area contributed by atoms with Gasteiger partial charge in [-0.1, -0.05) is 35.3 Å². The molecule has 0 atom stereocenters. The molecule has 0 saturated carbocycles. The molecule has 152 valence electrons. The summed E-state index contributed by atoms with van der Waals surface area (Å²) < 4.78 is 0. The lowest BCUT2D eigenvalue weighted by Gasteiger charge is -2.09. The van der Waals surface area contributed by atoms with Gasteiger partial charge in [-0.3, -0.25) is 14.4 Å². The van der Waals surface area contributed by atoms with Crippen molar-refractivity contribution in [2.24, 2.45) is 5.10 Å². The Bertz CT molecular complexity index is 990. The van der Waals surface area contributed by atoms with Crippen LogP contribution in [0.5, 0.6) is 0 Å². The topological polar surface area (TPSA) is 99.7 Å². The van der Waals surface area contributed by atoms with E-state index in [2.05, 4.69) is 21.2 Å². The molecule has 3 amide bonds. The van der Waals surface area contributed by atoms with Gasteiger partial charge in [-0.2, -0.15) is 5.10 Å². The van der Waals surface area contributed by atoms with Gasteiger partial charge in [0.2, 0.25) is 5.91 Å². The number of hydrazone groups is 1. The summed E-state index contributed by atoms with van der Waals surface area (Å²) in [4.78, 5) is 35.9. The Labute approximate surface area is 178 Å². The number of amides is 3. The number of benzene rings is 2. The molecule has 2 rings (SSSR count). The van der Waals surface area contributed by atoms with Crippen molar-refractivity contribution in [3.63, 3.8) is 0 Å². The second-order valence-corrected chi connectivity index (χ2v) is 7.16. The third-order valence-electron chi connectivity index (χ3n) is 3.94. The first-order valence-corrected chi connectivity index (χ1v) is 9.38. The molecule has 2 aromatic carbocycles. The number of halogens is 2. The van der Waals surface area contributed by atoms with Gasteiger partial charge < -0.3 is 10.6 Å². The van der Waals surface area contributed by atoms with Crippen LogP contribution in [0.1, 0.15) is 24.5 Å². The highest BCUT2D eigenvalue weighted by atomic mass is 35.5. The summed E-state index contributed by atoms with van der Waals surface area (Å²) in [5, 5.41) is 9.94. The van der Waals surface area contributed by atoms with Gasteiger partial charge in [0.05, 0.1) is 6.42 Å². The van der Waals surface area contributed by atoms with Crippen molar-refractivity contribution in [1.29, 1.82) is 0 Å². The molecule has 2 aromatic rings. The van der Waals surface area contributed by atoms with Crippen molar-refractivity contribution in [1.82, 2.24) is 5.43 Å². The highest BCUT2D eigenvalue weighted by Crippen LogP contribution is 2.23. The zero-order valence-corrected chi connectivity index (χ0v) is 17.6. The molecular weight excluding hydrogens is 415 g/mol. The first-order chi connectivity index (χ1) is 13.7. The van der Waals surface area contributed by atoms with Crippen LogP contribution < -0.4 is 16.1 Å². The quantitative estimate of drug-likeness (QED) is 0.375. The largest absolute Gasteiger partial charge is 0.329 e. The number of nitrogens with one attached hydrogen (secondary N) is 3. The molecule has 0 heterocycles. The highest BCUT2D eigenvalue weighted by Gasteiger charge is 2.14. The summed E-state index contributed by atoms with van der Waals surface area (Å²) >= 11 is 12.0. The Kier molecular flexibility index (Phi) is 7.75.